The van der Waals surface area contributed by atoms with E-state index in [-0.39, 0.29) is 0 Å². The topological polar surface area (TPSA) is 29.5 Å². The van der Waals surface area contributed by atoms with E-state index in [9.17, 15) is 4.79 Å². The van der Waals surface area contributed by atoms with Crippen LogP contribution in [0.5, 0.6) is 0 Å². The van der Waals surface area contributed by atoms with E-state index in [4.69, 9.17) is 4.74 Å². The Morgan fingerprint density at radius 3 is 2.58 bits per heavy atom. The van der Waals surface area contributed by atoms with Gasteiger partial charge >= 0.3 is 0 Å². The molecule has 1 fully saturated rings. The predicted molar refractivity (Wildman–Crippen MR) is 99.2 cm³/mol. The largest absolute Gasteiger partial charge is 0.491 e. The highest BCUT2D eigenvalue weighted by molar-refractivity contribution is 5.67. The highest BCUT2D eigenvalue weighted by Gasteiger charge is 2.37. The minimum Gasteiger partial charge on any atom is -0.491 e. The molecule has 0 aromatic rings. The van der Waals surface area contributed by atoms with Crippen molar-refractivity contribution in [3.05, 3.63) is 61.2 Å². The van der Waals surface area contributed by atoms with Crippen molar-refractivity contribution in [1.82, 2.24) is 4.90 Å². The summed E-state index contributed by atoms with van der Waals surface area (Å²) in [6.45, 7) is 10.6. The van der Waals surface area contributed by atoms with Gasteiger partial charge in [0, 0.05) is 6.20 Å². The highest BCUT2D eigenvalue weighted by atomic mass is 16.5. The number of ether oxygens (including phenoxy) is 1. The van der Waals surface area contributed by atoms with Crippen LogP contribution in [-0.2, 0) is 9.53 Å². The fourth-order valence-electron chi connectivity index (χ4n) is 2.92. The number of carbonyl (C=O) groups excluding carboxylic acids is 1. The first-order valence-electron chi connectivity index (χ1n) is 8.90. The van der Waals surface area contributed by atoms with Gasteiger partial charge in [-0.05, 0) is 50.2 Å². The van der Waals surface area contributed by atoms with Crippen molar-refractivity contribution in [2.24, 2.45) is 5.92 Å². The summed E-state index contributed by atoms with van der Waals surface area (Å²) in [6, 6.07) is 0. The van der Waals surface area contributed by atoms with Crippen LogP contribution in [0.1, 0.15) is 45.4 Å². The SMILES string of the molecule is C=CCC(C=O)(CC=C)N1C=CC=C(OCC2CC2)/C1=C\CCC. The van der Waals surface area contributed by atoms with Gasteiger partial charge in [-0.25, -0.2) is 0 Å². The van der Waals surface area contributed by atoms with E-state index in [1.54, 1.807) is 12.2 Å². The molecule has 1 aliphatic heterocycles. The predicted octanol–water partition coefficient (Wildman–Crippen LogP) is 4.90. The number of rotatable bonds is 11. The van der Waals surface area contributed by atoms with E-state index in [0.29, 0.717) is 18.8 Å². The molecule has 0 spiro atoms. The van der Waals surface area contributed by atoms with Gasteiger partial charge in [0.25, 0.3) is 0 Å². The summed E-state index contributed by atoms with van der Waals surface area (Å²) >= 11 is 0. The van der Waals surface area contributed by atoms with Crippen molar-refractivity contribution in [2.75, 3.05) is 6.61 Å². The van der Waals surface area contributed by atoms with Crippen LogP contribution in [0.25, 0.3) is 0 Å². The third-order valence-electron chi connectivity index (χ3n) is 4.49. The van der Waals surface area contributed by atoms with E-state index >= 15 is 0 Å². The van der Waals surface area contributed by atoms with Crippen molar-refractivity contribution in [1.29, 1.82) is 0 Å². The molecule has 1 saturated carbocycles. The van der Waals surface area contributed by atoms with E-state index < -0.39 is 5.54 Å². The van der Waals surface area contributed by atoms with Crippen LogP contribution in [0.2, 0.25) is 0 Å². The zero-order chi connectivity index (χ0) is 17.4. The number of nitrogens with zero attached hydrogens (tertiary/aromatic N) is 1. The number of allylic oxidation sites excluding steroid dienone is 3. The lowest BCUT2D eigenvalue weighted by atomic mass is 9.89. The van der Waals surface area contributed by atoms with Crippen LogP contribution in [0, 0.1) is 5.92 Å². The summed E-state index contributed by atoms with van der Waals surface area (Å²) in [5.41, 5.74) is 0.290. The molecule has 0 bridgehead atoms. The quantitative estimate of drug-likeness (QED) is 0.399. The molecule has 3 nitrogen and oxygen atoms in total. The molecule has 0 atom stereocenters. The van der Waals surface area contributed by atoms with Crippen LogP contribution >= 0.6 is 0 Å². The summed E-state index contributed by atoms with van der Waals surface area (Å²) in [6.07, 6.45) is 18.3. The van der Waals surface area contributed by atoms with E-state index in [1.807, 2.05) is 23.3 Å². The fraction of sp³-hybridized carbons (Fsp3) is 0.476. The molecule has 0 saturated heterocycles. The second kappa shape index (κ2) is 8.72. The first kappa shape index (κ1) is 18.3. The van der Waals surface area contributed by atoms with Crippen molar-refractivity contribution in [2.45, 2.75) is 51.0 Å². The molecular formula is C21H29NO2. The number of hydrogen-bond donors (Lipinski definition) is 0. The average Bonchev–Trinajstić information content (AvgIpc) is 3.42. The smallest absolute Gasteiger partial charge is 0.146 e. The Hall–Kier alpha value is -2.03. The molecule has 0 aromatic heterocycles. The maximum atomic E-state index is 12.0. The van der Waals surface area contributed by atoms with Gasteiger partial charge in [0.15, 0.2) is 0 Å². The third-order valence-corrected chi connectivity index (χ3v) is 4.49. The zero-order valence-electron chi connectivity index (χ0n) is 14.7. The molecule has 0 N–H and O–H groups in total. The lowest BCUT2D eigenvalue weighted by Crippen LogP contribution is -2.47. The maximum absolute atomic E-state index is 12.0. The monoisotopic (exact) mass is 327 g/mol. The van der Waals surface area contributed by atoms with Gasteiger partial charge in [-0.2, -0.15) is 0 Å². The summed E-state index contributed by atoms with van der Waals surface area (Å²) in [7, 11) is 0. The van der Waals surface area contributed by atoms with Crippen LogP contribution in [0.3, 0.4) is 0 Å². The summed E-state index contributed by atoms with van der Waals surface area (Å²) in [5, 5.41) is 0. The first-order chi connectivity index (χ1) is 11.7. The van der Waals surface area contributed by atoms with Crippen LogP contribution in [0.15, 0.2) is 61.2 Å². The molecule has 130 valence electrons. The minimum atomic E-state index is -0.692. The molecule has 24 heavy (non-hydrogen) atoms. The molecule has 0 unspecified atom stereocenters. The van der Waals surface area contributed by atoms with Crippen LogP contribution < -0.4 is 0 Å². The average molecular weight is 327 g/mol. The Labute approximate surface area is 146 Å². The molecule has 1 aliphatic carbocycles. The van der Waals surface area contributed by atoms with Crippen molar-refractivity contribution in [3.63, 3.8) is 0 Å². The van der Waals surface area contributed by atoms with Gasteiger partial charge in [-0.15, -0.1) is 13.2 Å². The Morgan fingerprint density at radius 1 is 1.33 bits per heavy atom. The Balaban J connectivity index is 2.31. The summed E-state index contributed by atoms with van der Waals surface area (Å²) < 4.78 is 6.08. The summed E-state index contributed by atoms with van der Waals surface area (Å²) in [5.74, 6) is 1.55. The van der Waals surface area contributed by atoms with E-state index in [1.165, 1.54) is 12.8 Å². The summed E-state index contributed by atoms with van der Waals surface area (Å²) in [4.78, 5) is 14.1. The van der Waals surface area contributed by atoms with E-state index in [2.05, 4.69) is 26.2 Å². The molecule has 3 heteroatoms. The first-order valence-corrected chi connectivity index (χ1v) is 8.90. The lowest BCUT2D eigenvalue weighted by molar-refractivity contribution is -0.116. The second-order valence-corrected chi connectivity index (χ2v) is 6.58. The number of unbranched alkanes of at least 4 members (excludes halogenated alkanes) is 1. The minimum absolute atomic E-state index is 0.562. The van der Waals surface area contributed by atoms with Gasteiger partial charge in [-0.3, -0.25) is 0 Å². The van der Waals surface area contributed by atoms with Gasteiger partial charge < -0.3 is 14.4 Å². The standard InChI is InChI=1S/C21H29NO2/c1-4-7-9-19-20(24-16-18-11-12-18)10-8-15-22(19)21(17-23,13-5-2)14-6-3/h5-6,8-10,15,17-18H,2-4,7,11-14,16H2,1H3/b19-9+. The Morgan fingerprint density at radius 2 is 2.04 bits per heavy atom. The van der Waals surface area contributed by atoms with Gasteiger partial charge in [0.2, 0.25) is 0 Å². The lowest BCUT2D eigenvalue weighted by Gasteiger charge is -2.41. The van der Waals surface area contributed by atoms with Gasteiger partial charge in [0.05, 0.1) is 12.3 Å². The Kier molecular flexibility index (Phi) is 6.65. The highest BCUT2D eigenvalue weighted by Crippen LogP contribution is 2.36. The van der Waals surface area contributed by atoms with Gasteiger partial charge in [-0.1, -0.05) is 31.6 Å². The zero-order valence-corrected chi connectivity index (χ0v) is 14.7. The number of hydrogen-bond acceptors (Lipinski definition) is 3. The molecule has 2 rings (SSSR count). The molecule has 1 heterocycles. The molecule has 0 aromatic carbocycles. The number of carbonyl (C=O) groups is 1. The Bertz CT molecular complexity index is 542. The molecule has 0 amide bonds. The normalized spacial score (nSPS) is 19.1. The van der Waals surface area contributed by atoms with Crippen LogP contribution in [0.4, 0.5) is 0 Å². The van der Waals surface area contributed by atoms with Crippen LogP contribution in [-0.4, -0.2) is 23.3 Å². The van der Waals surface area contributed by atoms with Crippen molar-refractivity contribution >= 4 is 6.29 Å². The van der Waals surface area contributed by atoms with Crippen molar-refractivity contribution in [3.8, 4) is 0 Å². The fourth-order valence-corrected chi connectivity index (χ4v) is 2.92. The molecule has 2 aliphatic rings. The maximum Gasteiger partial charge on any atom is 0.146 e. The third kappa shape index (κ3) is 4.28. The number of aldehydes is 1. The second-order valence-electron chi connectivity index (χ2n) is 6.58. The van der Waals surface area contributed by atoms with Crippen molar-refractivity contribution < 1.29 is 9.53 Å². The molecular weight excluding hydrogens is 298 g/mol. The van der Waals surface area contributed by atoms with Gasteiger partial charge in [0.1, 0.15) is 17.6 Å². The van der Waals surface area contributed by atoms with E-state index in [0.717, 1.165) is 37.2 Å². The molecule has 0 radical (unpaired) electrons.